The molecule has 0 aromatic carbocycles. The number of unbranched alkanes of at least 4 members (excludes halogenated alkanes) is 4. The van der Waals surface area contributed by atoms with Crippen LogP contribution < -0.4 is 5.73 Å². The van der Waals surface area contributed by atoms with E-state index in [-0.39, 0.29) is 0 Å². The minimum Gasteiger partial charge on any atom is -0.329 e. The molecule has 0 aliphatic rings. The zero-order valence-corrected chi connectivity index (χ0v) is 12.6. The molecular weight excluding hydrogens is 242 g/mol. The van der Waals surface area contributed by atoms with Crippen LogP contribution in [-0.4, -0.2) is 29.5 Å². The van der Waals surface area contributed by atoms with Crippen molar-refractivity contribution in [1.29, 1.82) is 0 Å². The Labute approximate surface area is 115 Å². The molecule has 1 unspecified atom stereocenters. The van der Waals surface area contributed by atoms with Crippen molar-refractivity contribution in [2.75, 3.05) is 13.6 Å². The van der Waals surface area contributed by atoms with Crippen LogP contribution in [0.5, 0.6) is 0 Å². The van der Waals surface area contributed by atoms with E-state index in [4.69, 9.17) is 5.73 Å². The van der Waals surface area contributed by atoms with Crippen LogP contribution in [0, 0.1) is 0 Å². The lowest BCUT2D eigenvalue weighted by Gasteiger charge is -2.26. The standard InChI is InChI=1S/C14H27N3S/c1-3-4-5-6-7-8-14(9-15)17(2)10-13-11-18-12-16-13/h11-12,14H,3-10,15H2,1-2H3. The number of aromatic nitrogens is 1. The lowest BCUT2D eigenvalue weighted by atomic mass is 10.1. The van der Waals surface area contributed by atoms with E-state index in [0.29, 0.717) is 6.04 Å². The molecule has 2 N–H and O–H groups in total. The number of rotatable bonds is 10. The van der Waals surface area contributed by atoms with Crippen LogP contribution in [0.4, 0.5) is 0 Å². The van der Waals surface area contributed by atoms with Crippen LogP contribution in [-0.2, 0) is 6.54 Å². The van der Waals surface area contributed by atoms with Gasteiger partial charge in [0.2, 0.25) is 0 Å². The molecule has 0 aliphatic heterocycles. The van der Waals surface area contributed by atoms with Gasteiger partial charge in [0.25, 0.3) is 0 Å². The molecule has 3 nitrogen and oxygen atoms in total. The molecule has 1 aromatic heterocycles. The molecule has 104 valence electrons. The summed E-state index contributed by atoms with van der Waals surface area (Å²) in [6.45, 7) is 3.92. The molecule has 0 saturated heterocycles. The van der Waals surface area contributed by atoms with E-state index in [1.807, 2.05) is 5.51 Å². The first kappa shape index (κ1) is 15.6. The first-order chi connectivity index (χ1) is 8.77. The van der Waals surface area contributed by atoms with Gasteiger partial charge in [-0.15, -0.1) is 11.3 Å². The lowest BCUT2D eigenvalue weighted by molar-refractivity contribution is 0.220. The number of likely N-dealkylation sites (N-methyl/N-ethyl adjacent to an activating group) is 1. The molecule has 0 aliphatic carbocycles. The van der Waals surface area contributed by atoms with Crippen molar-refractivity contribution >= 4 is 11.3 Å². The average Bonchev–Trinajstić information content (AvgIpc) is 2.86. The van der Waals surface area contributed by atoms with Crippen molar-refractivity contribution in [3.05, 3.63) is 16.6 Å². The lowest BCUT2D eigenvalue weighted by Crippen LogP contribution is -2.37. The van der Waals surface area contributed by atoms with Gasteiger partial charge in [0.05, 0.1) is 11.2 Å². The number of hydrogen-bond acceptors (Lipinski definition) is 4. The fraction of sp³-hybridized carbons (Fsp3) is 0.786. The Balaban J connectivity index is 2.22. The zero-order valence-electron chi connectivity index (χ0n) is 11.8. The fourth-order valence-corrected chi connectivity index (χ4v) is 2.75. The van der Waals surface area contributed by atoms with Crippen molar-refractivity contribution in [1.82, 2.24) is 9.88 Å². The fourth-order valence-electron chi connectivity index (χ4n) is 2.20. The number of nitrogens with zero attached hydrogens (tertiary/aromatic N) is 2. The van der Waals surface area contributed by atoms with Gasteiger partial charge in [-0.05, 0) is 13.5 Å². The largest absolute Gasteiger partial charge is 0.329 e. The summed E-state index contributed by atoms with van der Waals surface area (Å²) in [7, 11) is 2.16. The van der Waals surface area contributed by atoms with Crippen LogP contribution >= 0.6 is 11.3 Å². The molecule has 1 atom stereocenters. The van der Waals surface area contributed by atoms with Crippen LogP contribution in [0.3, 0.4) is 0 Å². The third-order valence-corrected chi connectivity index (χ3v) is 4.07. The van der Waals surface area contributed by atoms with Gasteiger partial charge in [-0.1, -0.05) is 39.0 Å². The minimum atomic E-state index is 0.494. The number of nitrogens with two attached hydrogens (primary N) is 1. The van der Waals surface area contributed by atoms with E-state index in [1.54, 1.807) is 11.3 Å². The van der Waals surface area contributed by atoms with Crippen molar-refractivity contribution < 1.29 is 0 Å². The quantitative estimate of drug-likeness (QED) is 0.663. The minimum absolute atomic E-state index is 0.494. The second-order valence-electron chi connectivity index (χ2n) is 4.99. The van der Waals surface area contributed by atoms with Gasteiger partial charge >= 0.3 is 0 Å². The summed E-state index contributed by atoms with van der Waals surface area (Å²) in [5, 5.41) is 2.12. The van der Waals surface area contributed by atoms with Gasteiger partial charge in [-0.3, -0.25) is 4.90 Å². The van der Waals surface area contributed by atoms with Crippen molar-refractivity contribution in [2.45, 2.75) is 58.0 Å². The Bertz CT molecular complexity index is 287. The highest BCUT2D eigenvalue weighted by Gasteiger charge is 2.13. The first-order valence-electron chi connectivity index (χ1n) is 7.05. The molecule has 18 heavy (non-hydrogen) atoms. The van der Waals surface area contributed by atoms with E-state index in [0.717, 1.165) is 18.8 Å². The summed E-state index contributed by atoms with van der Waals surface area (Å²) < 4.78 is 0. The predicted molar refractivity (Wildman–Crippen MR) is 79.8 cm³/mol. The average molecular weight is 269 g/mol. The highest BCUT2D eigenvalue weighted by Crippen LogP contribution is 2.13. The summed E-state index contributed by atoms with van der Waals surface area (Å²) in [4.78, 5) is 6.67. The predicted octanol–water partition coefficient (Wildman–Crippen LogP) is 3.26. The Hall–Kier alpha value is -0.450. The molecule has 0 spiro atoms. The SMILES string of the molecule is CCCCCCCC(CN)N(C)Cc1cscn1. The second kappa shape index (κ2) is 9.48. The first-order valence-corrected chi connectivity index (χ1v) is 7.99. The molecule has 1 aromatic rings. The Morgan fingerprint density at radius 1 is 1.33 bits per heavy atom. The van der Waals surface area contributed by atoms with Crippen LogP contribution in [0.15, 0.2) is 10.9 Å². The topological polar surface area (TPSA) is 42.1 Å². The molecule has 0 amide bonds. The van der Waals surface area contributed by atoms with Crippen LogP contribution in [0.25, 0.3) is 0 Å². The van der Waals surface area contributed by atoms with Gasteiger partial charge in [0.1, 0.15) is 0 Å². The van der Waals surface area contributed by atoms with E-state index in [2.05, 4.69) is 29.2 Å². The van der Waals surface area contributed by atoms with Crippen LogP contribution in [0.1, 0.15) is 51.1 Å². The van der Waals surface area contributed by atoms with E-state index in [1.165, 1.54) is 38.5 Å². The van der Waals surface area contributed by atoms with E-state index < -0.39 is 0 Å². The maximum atomic E-state index is 5.88. The maximum Gasteiger partial charge on any atom is 0.0795 e. The monoisotopic (exact) mass is 269 g/mol. The van der Waals surface area contributed by atoms with Gasteiger partial charge in [-0.2, -0.15) is 0 Å². The summed E-state index contributed by atoms with van der Waals surface area (Å²) in [6, 6.07) is 0.494. The zero-order chi connectivity index (χ0) is 13.2. The van der Waals surface area contributed by atoms with Gasteiger partial charge in [-0.25, -0.2) is 4.98 Å². The Morgan fingerprint density at radius 3 is 2.72 bits per heavy atom. The second-order valence-corrected chi connectivity index (χ2v) is 5.71. The molecule has 0 bridgehead atoms. The highest BCUT2D eigenvalue weighted by atomic mass is 32.1. The molecular formula is C14H27N3S. The smallest absolute Gasteiger partial charge is 0.0795 e. The normalized spacial score (nSPS) is 13.1. The van der Waals surface area contributed by atoms with Gasteiger partial charge < -0.3 is 5.73 Å². The maximum absolute atomic E-state index is 5.88. The van der Waals surface area contributed by atoms with Crippen LogP contribution in [0.2, 0.25) is 0 Å². The molecule has 0 saturated carbocycles. The van der Waals surface area contributed by atoms with Gasteiger partial charge in [0.15, 0.2) is 0 Å². The van der Waals surface area contributed by atoms with Crippen molar-refractivity contribution in [2.24, 2.45) is 5.73 Å². The Morgan fingerprint density at radius 2 is 2.11 bits per heavy atom. The number of hydrogen-bond donors (Lipinski definition) is 1. The summed E-state index contributed by atoms with van der Waals surface area (Å²) >= 11 is 1.66. The third-order valence-electron chi connectivity index (χ3n) is 3.43. The van der Waals surface area contributed by atoms with Crippen molar-refractivity contribution in [3.63, 3.8) is 0 Å². The third kappa shape index (κ3) is 5.94. The summed E-state index contributed by atoms with van der Waals surface area (Å²) in [6.07, 6.45) is 7.88. The molecule has 1 rings (SSSR count). The van der Waals surface area contributed by atoms with E-state index >= 15 is 0 Å². The molecule has 1 heterocycles. The highest BCUT2D eigenvalue weighted by molar-refractivity contribution is 7.07. The molecule has 4 heteroatoms. The summed E-state index contributed by atoms with van der Waals surface area (Å²) in [5.74, 6) is 0. The summed E-state index contributed by atoms with van der Waals surface area (Å²) in [5.41, 5.74) is 8.94. The van der Waals surface area contributed by atoms with Crippen molar-refractivity contribution in [3.8, 4) is 0 Å². The molecule has 0 fully saturated rings. The Kier molecular flexibility index (Phi) is 8.22. The molecule has 0 radical (unpaired) electrons. The van der Waals surface area contributed by atoms with Gasteiger partial charge in [0, 0.05) is 24.5 Å². The number of thiazole rings is 1. The van der Waals surface area contributed by atoms with E-state index in [9.17, 15) is 0 Å².